The van der Waals surface area contributed by atoms with Crippen molar-refractivity contribution in [2.45, 2.75) is 25.0 Å². The molecule has 1 aliphatic rings. The second kappa shape index (κ2) is 4.34. The van der Waals surface area contributed by atoms with Crippen molar-refractivity contribution >= 4 is 16.0 Å². The van der Waals surface area contributed by atoms with Crippen molar-refractivity contribution in [3.63, 3.8) is 0 Å². The zero-order valence-corrected chi connectivity index (χ0v) is 11.4. The largest absolute Gasteiger partial charge is 0.476 e. The molecule has 0 aliphatic heterocycles. The van der Waals surface area contributed by atoms with E-state index >= 15 is 0 Å². The smallest absolute Gasteiger partial charge is 0.356 e. The van der Waals surface area contributed by atoms with E-state index in [1.165, 1.54) is 0 Å². The highest BCUT2D eigenvalue weighted by Crippen LogP contribution is 2.30. The van der Waals surface area contributed by atoms with E-state index in [4.69, 9.17) is 5.11 Å². The minimum atomic E-state index is -3.79. The number of nitrogens with zero attached hydrogens (tertiary/aromatic N) is 2. The zero-order chi connectivity index (χ0) is 14.3. The molecular formula is C12H14N2O4S. The van der Waals surface area contributed by atoms with Gasteiger partial charge in [0.05, 0.1) is 0 Å². The Balaban J connectivity index is 2.43. The van der Waals surface area contributed by atoms with Gasteiger partial charge in [-0.3, -0.25) is 0 Å². The molecule has 2 rings (SSSR count). The number of carboxylic acids is 1. The molecular weight excluding hydrogens is 268 g/mol. The van der Waals surface area contributed by atoms with Gasteiger partial charge in [-0.2, -0.15) is 9.19 Å². The molecule has 1 heterocycles. The molecule has 0 saturated carbocycles. The third kappa shape index (κ3) is 2.21. The molecule has 0 radical (unpaired) electrons. The highest BCUT2D eigenvalue weighted by molar-refractivity contribution is 7.91. The first-order valence-corrected chi connectivity index (χ1v) is 7.10. The van der Waals surface area contributed by atoms with Crippen LogP contribution in [0.5, 0.6) is 0 Å². The fourth-order valence-electron chi connectivity index (χ4n) is 1.77. The van der Waals surface area contributed by atoms with Crippen molar-refractivity contribution in [1.29, 1.82) is 0 Å². The molecule has 1 aromatic rings. The first kappa shape index (κ1) is 13.5. The lowest BCUT2D eigenvalue weighted by Crippen LogP contribution is -2.38. The summed E-state index contributed by atoms with van der Waals surface area (Å²) in [5, 5.41) is 12.4. The van der Waals surface area contributed by atoms with E-state index in [1.54, 1.807) is 19.1 Å². The van der Waals surface area contributed by atoms with E-state index in [0.717, 1.165) is 21.9 Å². The molecule has 0 fully saturated rings. The summed E-state index contributed by atoms with van der Waals surface area (Å²) in [4.78, 5) is 10.7. The fourth-order valence-corrected chi connectivity index (χ4v) is 3.15. The minimum absolute atomic E-state index is 0.293. The minimum Gasteiger partial charge on any atom is -0.476 e. The summed E-state index contributed by atoms with van der Waals surface area (Å²) in [6.45, 7) is 3.48. The Hall–Kier alpha value is -1.89. The summed E-state index contributed by atoms with van der Waals surface area (Å²) in [7, 11) is -3.79. The molecule has 0 bridgehead atoms. The SMILES string of the molecule is CC1=CCC(C)(S(=O)(=O)n2ccc(C(=O)O)n2)C=C1. The summed E-state index contributed by atoms with van der Waals surface area (Å²) < 4.78 is 24.6. The lowest BCUT2D eigenvalue weighted by molar-refractivity contribution is 0.0690. The molecule has 0 spiro atoms. The maximum absolute atomic E-state index is 12.5. The molecule has 0 aromatic carbocycles. The van der Waals surface area contributed by atoms with Gasteiger partial charge in [0.2, 0.25) is 0 Å². The van der Waals surface area contributed by atoms with Crippen LogP contribution in [0, 0.1) is 0 Å². The van der Waals surface area contributed by atoms with Gasteiger partial charge in [0, 0.05) is 6.20 Å². The van der Waals surface area contributed by atoms with E-state index < -0.39 is 20.7 Å². The molecule has 1 N–H and O–H groups in total. The first-order chi connectivity index (χ1) is 8.76. The van der Waals surface area contributed by atoms with Crippen LogP contribution in [-0.2, 0) is 10.0 Å². The number of aromatic nitrogens is 2. The van der Waals surface area contributed by atoms with Crippen LogP contribution in [0.3, 0.4) is 0 Å². The Morgan fingerprint density at radius 3 is 2.68 bits per heavy atom. The summed E-state index contributed by atoms with van der Waals surface area (Å²) in [5.41, 5.74) is 0.707. The average molecular weight is 282 g/mol. The number of rotatable bonds is 3. The Kier molecular flexibility index (Phi) is 3.09. The highest BCUT2D eigenvalue weighted by atomic mass is 32.2. The van der Waals surface area contributed by atoms with E-state index in [-0.39, 0.29) is 5.69 Å². The molecule has 1 unspecified atom stereocenters. The first-order valence-electron chi connectivity index (χ1n) is 5.66. The van der Waals surface area contributed by atoms with Gasteiger partial charge in [-0.15, -0.1) is 0 Å². The fraction of sp³-hybridized carbons (Fsp3) is 0.333. The van der Waals surface area contributed by atoms with Gasteiger partial charge in [-0.1, -0.05) is 23.8 Å². The van der Waals surface area contributed by atoms with Crippen molar-refractivity contribution in [3.8, 4) is 0 Å². The number of allylic oxidation sites excluding steroid dienone is 3. The van der Waals surface area contributed by atoms with Gasteiger partial charge in [0.25, 0.3) is 10.0 Å². The average Bonchev–Trinajstić information content (AvgIpc) is 2.83. The molecule has 0 saturated heterocycles. The molecule has 102 valence electrons. The molecule has 1 aliphatic carbocycles. The molecule has 1 atom stereocenters. The summed E-state index contributed by atoms with van der Waals surface area (Å²) in [5.74, 6) is -1.26. The standard InChI is InChI=1S/C12H14N2O4S/c1-9-3-6-12(2,7-4-9)19(17,18)14-8-5-10(13-14)11(15)16/h3-6,8H,7H2,1-2H3,(H,15,16). The Morgan fingerprint density at radius 1 is 1.53 bits per heavy atom. The maximum Gasteiger partial charge on any atom is 0.356 e. The van der Waals surface area contributed by atoms with Gasteiger partial charge in [-0.05, 0) is 26.3 Å². The number of carbonyl (C=O) groups is 1. The van der Waals surface area contributed by atoms with Gasteiger partial charge < -0.3 is 5.11 Å². The lowest BCUT2D eigenvalue weighted by Gasteiger charge is -2.26. The molecule has 6 nitrogen and oxygen atoms in total. The second-order valence-corrected chi connectivity index (χ2v) is 6.94. The number of hydrogen-bond donors (Lipinski definition) is 1. The van der Waals surface area contributed by atoms with Crippen LogP contribution in [0.15, 0.2) is 36.1 Å². The van der Waals surface area contributed by atoms with Crippen LogP contribution >= 0.6 is 0 Å². The summed E-state index contributed by atoms with van der Waals surface area (Å²) >= 11 is 0. The van der Waals surface area contributed by atoms with Crippen LogP contribution < -0.4 is 0 Å². The molecule has 1 aromatic heterocycles. The quantitative estimate of drug-likeness (QED) is 0.905. The predicted molar refractivity (Wildman–Crippen MR) is 69.4 cm³/mol. The van der Waals surface area contributed by atoms with Crippen LogP contribution in [0.1, 0.15) is 30.8 Å². The van der Waals surface area contributed by atoms with E-state index in [2.05, 4.69) is 5.10 Å². The maximum atomic E-state index is 12.5. The van der Waals surface area contributed by atoms with Gasteiger partial charge in [-0.25, -0.2) is 13.2 Å². The van der Waals surface area contributed by atoms with Crippen LogP contribution in [0.2, 0.25) is 0 Å². The monoisotopic (exact) mass is 282 g/mol. The van der Waals surface area contributed by atoms with Gasteiger partial charge >= 0.3 is 5.97 Å². The Labute approximate surface area is 111 Å². The summed E-state index contributed by atoms with van der Waals surface area (Å²) in [6, 6.07) is 1.16. The second-order valence-electron chi connectivity index (χ2n) is 4.68. The topological polar surface area (TPSA) is 89.3 Å². The van der Waals surface area contributed by atoms with Crippen LogP contribution in [0.25, 0.3) is 0 Å². The van der Waals surface area contributed by atoms with Crippen LogP contribution in [0.4, 0.5) is 0 Å². The molecule has 0 amide bonds. The van der Waals surface area contributed by atoms with Crippen molar-refractivity contribution in [3.05, 3.63) is 41.8 Å². The Morgan fingerprint density at radius 2 is 2.21 bits per heavy atom. The summed E-state index contributed by atoms with van der Waals surface area (Å²) in [6.07, 6.45) is 6.67. The normalized spacial score (nSPS) is 23.2. The van der Waals surface area contributed by atoms with E-state index in [9.17, 15) is 13.2 Å². The van der Waals surface area contributed by atoms with Gasteiger partial charge in [0.15, 0.2) is 5.69 Å². The number of aromatic carboxylic acids is 1. The number of hydrogen-bond acceptors (Lipinski definition) is 4. The van der Waals surface area contributed by atoms with Crippen molar-refractivity contribution in [2.24, 2.45) is 0 Å². The van der Waals surface area contributed by atoms with Crippen molar-refractivity contribution < 1.29 is 18.3 Å². The number of carboxylic acid groups (broad SMARTS) is 1. The Bertz CT molecular complexity index is 684. The van der Waals surface area contributed by atoms with E-state index in [0.29, 0.717) is 6.42 Å². The molecule has 19 heavy (non-hydrogen) atoms. The highest BCUT2D eigenvalue weighted by Gasteiger charge is 2.39. The van der Waals surface area contributed by atoms with E-state index in [1.807, 2.05) is 13.0 Å². The van der Waals surface area contributed by atoms with Gasteiger partial charge in [0.1, 0.15) is 4.75 Å². The van der Waals surface area contributed by atoms with Crippen LogP contribution in [-0.4, -0.2) is 33.4 Å². The lowest BCUT2D eigenvalue weighted by atomic mass is 9.98. The van der Waals surface area contributed by atoms with Crippen molar-refractivity contribution in [1.82, 2.24) is 9.19 Å². The zero-order valence-electron chi connectivity index (χ0n) is 10.6. The molecule has 7 heteroatoms. The third-order valence-corrected chi connectivity index (χ3v) is 5.33. The predicted octanol–water partition coefficient (Wildman–Crippen LogP) is 1.42. The van der Waals surface area contributed by atoms with Crippen molar-refractivity contribution in [2.75, 3.05) is 0 Å². The third-order valence-electron chi connectivity index (χ3n) is 3.15.